The van der Waals surface area contributed by atoms with E-state index in [1.807, 2.05) is 6.92 Å². The van der Waals surface area contributed by atoms with Crippen LogP contribution < -0.4 is 9.88 Å². The number of aromatic nitrogens is 5. The number of hydrogen-bond acceptors (Lipinski definition) is 8. The van der Waals surface area contributed by atoms with Crippen LogP contribution in [0.15, 0.2) is 30.6 Å². The number of methoxy groups -OCH3 is 1. The Hall–Kier alpha value is -2.96. The van der Waals surface area contributed by atoms with Gasteiger partial charge in [-0.2, -0.15) is 0 Å². The first-order chi connectivity index (χ1) is 14.8. The Labute approximate surface area is 178 Å². The summed E-state index contributed by atoms with van der Waals surface area (Å²) in [6.07, 6.45) is 3.08. The molecule has 0 fully saturated rings. The van der Waals surface area contributed by atoms with Crippen molar-refractivity contribution in [1.82, 2.24) is 24.7 Å². The standard InChI is InChI=1S/C19H21FN6O4S/c1-11-7-22-17(23-8-11)6-16(31(21,27)28)19-25-24-18-14-5-12(20)3-4-15(14)30-10-13(9-29-2)26(18)19/h3-5,7-8,13,16H,6,9-10H2,1-2H3,(H2,21,27,28)/t13-,16?/m0/s1. The summed E-state index contributed by atoms with van der Waals surface area (Å²) in [5.41, 5.74) is 1.19. The average molecular weight is 448 g/mol. The minimum Gasteiger partial charge on any atom is -0.491 e. The number of sulfonamides is 1. The molecule has 1 unspecified atom stereocenters. The number of fused-ring (bicyclic) bond motifs is 3. The molecule has 4 rings (SSSR count). The van der Waals surface area contributed by atoms with Gasteiger partial charge in [-0.15, -0.1) is 10.2 Å². The van der Waals surface area contributed by atoms with E-state index in [2.05, 4.69) is 20.2 Å². The lowest BCUT2D eigenvalue weighted by molar-refractivity contribution is 0.124. The molecule has 31 heavy (non-hydrogen) atoms. The van der Waals surface area contributed by atoms with Gasteiger partial charge in [0.25, 0.3) is 0 Å². The molecule has 0 bridgehead atoms. The lowest BCUT2D eigenvalue weighted by atomic mass is 10.1. The summed E-state index contributed by atoms with van der Waals surface area (Å²) >= 11 is 0. The first kappa shape index (κ1) is 21.3. The van der Waals surface area contributed by atoms with Crippen LogP contribution in [0.1, 0.15) is 28.5 Å². The fourth-order valence-corrected chi connectivity index (χ4v) is 4.33. The predicted molar refractivity (Wildman–Crippen MR) is 108 cm³/mol. The molecule has 12 heteroatoms. The first-order valence-corrected chi connectivity index (χ1v) is 11.0. The molecule has 3 aromatic rings. The van der Waals surface area contributed by atoms with Crippen LogP contribution in [0.2, 0.25) is 0 Å². The van der Waals surface area contributed by atoms with E-state index in [4.69, 9.17) is 14.6 Å². The maximum absolute atomic E-state index is 14.0. The molecule has 0 saturated heterocycles. The zero-order chi connectivity index (χ0) is 22.2. The molecular weight excluding hydrogens is 427 g/mol. The van der Waals surface area contributed by atoms with E-state index in [0.29, 0.717) is 17.1 Å². The van der Waals surface area contributed by atoms with Gasteiger partial charge in [0.1, 0.15) is 29.2 Å². The Morgan fingerprint density at radius 2 is 2.06 bits per heavy atom. The highest BCUT2D eigenvalue weighted by atomic mass is 32.2. The van der Waals surface area contributed by atoms with Gasteiger partial charge in [0.15, 0.2) is 11.6 Å². The van der Waals surface area contributed by atoms with Crippen molar-refractivity contribution in [3.63, 3.8) is 0 Å². The zero-order valence-electron chi connectivity index (χ0n) is 16.9. The van der Waals surface area contributed by atoms with E-state index in [1.54, 1.807) is 17.0 Å². The number of hydrogen-bond donors (Lipinski definition) is 1. The van der Waals surface area contributed by atoms with Crippen LogP contribution in [-0.4, -0.2) is 53.5 Å². The van der Waals surface area contributed by atoms with Crippen LogP contribution in [0.25, 0.3) is 11.4 Å². The number of benzene rings is 1. The third kappa shape index (κ3) is 4.27. The fourth-order valence-electron chi connectivity index (χ4n) is 3.49. The second-order valence-electron chi connectivity index (χ2n) is 7.27. The van der Waals surface area contributed by atoms with Gasteiger partial charge in [-0.25, -0.2) is 27.9 Å². The molecule has 0 saturated carbocycles. The number of primary sulfonamides is 1. The minimum absolute atomic E-state index is 0.0874. The number of aryl methyl sites for hydroxylation is 1. The fraction of sp³-hybridized carbons (Fsp3) is 0.368. The van der Waals surface area contributed by atoms with Gasteiger partial charge >= 0.3 is 0 Å². The molecule has 0 spiro atoms. The van der Waals surface area contributed by atoms with E-state index in [0.717, 1.165) is 5.56 Å². The second kappa shape index (κ2) is 8.29. The van der Waals surface area contributed by atoms with Crippen LogP contribution in [0, 0.1) is 12.7 Å². The maximum Gasteiger partial charge on any atom is 0.219 e. The second-order valence-corrected chi connectivity index (χ2v) is 9.02. The van der Waals surface area contributed by atoms with Crippen molar-refractivity contribution in [2.45, 2.75) is 24.6 Å². The van der Waals surface area contributed by atoms with Gasteiger partial charge < -0.3 is 14.0 Å². The SMILES string of the molecule is COC[C@H]1COc2ccc(F)cc2-c2nnc(C(Cc3ncc(C)cn3)S(N)(=O)=O)n21. The average Bonchev–Trinajstić information content (AvgIpc) is 3.08. The number of halogens is 1. The van der Waals surface area contributed by atoms with Crippen molar-refractivity contribution in [2.24, 2.45) is 5.14 Å². The molecule has 0 amide bonds. The van der Waals surface area contributed by atoms with Crippen molar-refractivity contribution in [1.29, 1.82) is 0 Å². The summed E-state index contributed by atoms with van der Waals surface area (Å²) < 4.78 is 51.8. The molecule has 1 aliphatic heterocycles. The Balaban J connectivity index is 1.87. The molecule has 2 atom stereocenters. The monoisotopic (exact) mass is 448 g/mol. The zero-order valence-corrected chi connectivity index (χ0v) is 17.7. The molecule has 0 radical (unpaired) electrons. The van der Waals surface area contributed by atoms with Crippen molar-refractivity contribution >= 4 is 10.0 Å². The summed E-state index contributed by atoms with van der Waals surface area (Å²) in [5.74, 6) is 0.572. The van der Waals surface area contributed by atoms with Gasteiger partial charge in [0.2, 0.25) is 10.0 Å². The number of nitrogens with zero attached hydrogens (tertiary/aromatic N) is 5. The summed E-state index contributed by atoms with van der Waals surface area (Å²) in [6, 6.07) is 3.57. The van der Waals surface area contributed by atoms with Crippen LogP contribution in [0.5, 0.6) is 5.75 Å². The number of rotatable bonds is 6. The van der Waals surface area contributed by atoms with E-state index >= 15 is 0 Å². The third-order valence-corrected chi connectivity index (χ3v) is 6.12. The van der Waals surface area contributed by atoms with Crippen LogP contribution >= 0.6 is 0 Å². The number of ether oxygens (including phenoxy) is 2. The highest BCUT2D eigenvalue weighted by Crippen LogP contribution is 2.37. The summed E-state index contributed by atoms with van der Waals surface area (Å²) in [6.45, 7) is 2.15. The van der Waals surface area contributed by atoms with E-state index in [-0.39, 0.29) is 31.3 Å². The molecular formula is C19H21FN6O4S. The summed E-state index contributed by atoms with van der Waals surface area (Å²) in [5, 5.41) is 12.6. The quantitative estimate of drug-likeness (QED) is 0.597. The summed E-state index contributed by atoms with van der Waals surface area (Å²) in [4.78, 5) is 8.37. The van der Waals surface area contributed by atoms with Crippen molar-refractivity contribution in [3.05, 3.63) is 53.6 Å². The Morgan fingerprint density at radius 1 is 1.32 bits per heavy atom. The van der Waals surface area contributed by atoms with Crippen molar-refractivity contribution in [2.75, 3.05) is 20.3 Å². The Bertz CT molecular complexity index is 1200. The Kier molecular flexibility index (Phi) is 5.69. The first-order valence-electron chi connectivity index (χ1n) is 9.43. The number of nitrogens with two attached hydrogens (primary N) is 1. The molecule has 164 valence electrons. The highest BCUT2D eigenvalue weighted by molar-refractivity contribution is 7.89. The largest absolute Gasteiger partial charge is 0.491 e. The van der Waals surface area contributed by atoms with Gasteiger partial charge in [-0.3, -0.25) is 0 Å². The molecule has 2 aromatic heterocycles. The van der Waals surface area contributed by atoms with Gasteiger partial charge in [0.05, 0.1) is 18.2 Å². The smallest absolute Gasteiger partial charge is 0.219 e. The molecule has 0 aliphatic carbocycles. The van der Waals surface area contributed by atoms with Crippen molar-refractivity contribution < 1.29 is 22.3 Å². The molecule has 1 aliphatic rings. The van der Waals surface area contributed by atoms with Crippen LogP contribution in [-0.2, 0) is 21.2 Å². The molecule has 1 aromatic carbocycles. The lowest BCUT2D eigenvalue weighted by Crippen LogP contribution is -2.30. The Morgan fingerprint density at radius 3 is 2.74 bits per heavy atom. The van der Waals surface area contributed by atoms with E-state index in [9.17, 15) is 12.8 Å². The molecule has 2 N–H and O–H groups in total. The van der Waals surface area contributed by atoms with Gasteiger partial charge in [-0.1, -0.05) is 0 Å². The molecule has 10 nitrogen and oxygen atoms in total. The molecule has 3 heterocycles. The van der Waals surface area contributed by atoms with Gasteiger partial charge in [-0.05, 0) is 30.7 Å². The van der Waals surface area contributed by atoms with Crippen LogP contribution in [0.3, 0.4) is 0 Å². The predicted octanol–water partition coefficient (Wildman–Crippen LogP) is 1.33. The summed E-state index contributed by atoms with van der Waals surface area (Å²) in [7, 11) is -2.61. The third-order valence-electron chi connectivity index (χ3n) is 4.95. The normalized spacial score (nSPS) is 16.7. The van der Waals surface area contributed by atoms with Gasteiger partial charge in [0, 0.05) is 25.9 Å². The minimum atomic E-state index is -4.12. The van der Waals surface area contributed by atoms with E-state index in [1.165, 1.54) is 25.3 Å². The lowest BCUT2D eigenvalue weighted by Gasteiger charge is -2.21. The van der Waals surface area contributed by atoms with Crippen molar-refractivity contribution in [3.8, 4) is 17.1 Å². The topological polar surface area (TPSA) is 135 Å². The van der Waals surface area contributed by atoms with E-state index < -0.39 is 27.1 Å². The van der Waals surface area contributed by atoms with Crippen LogP contribution in [0.4, 0.5) is 4.39 Å². The highest BCUT2D eigenvalue weighted by Gasteiger charge is 2.36. The maximum atomic E-state index is 14.0.